The van der Waals surface area contributed by atoms with Gasteiger partial charge in [-0.1, -0.05) is 35.8 Å². The van der Waals surface area contributed by atoms with E-state index in [0.717, 1.165) is 10.9 Å². The maximum absolute atomic E-state index is 14.0. The van der Waals surface area contributed by atoms with Gasteiger partial charge in [-0.05, 0) is 24.8 Å². The summed E-state index contributed by atoms with van der Waals surface area (Å²) in [6, 6.07) is 4.23. The van der Waals surface area contributed by atoms with Gasteiger partial charge in [0.1, 0.15) is 11.4 Å². The molecule has 10 heteroatoms. The van der Waals surface area contributed by atoms with Crippen molar-refractivity contribution in [2.45, 2.75) is 38.6 Å². The highest BCUT2D eigenvalue weighted by atomic mass is 35.5. The van der Waals surface area contributed by atoms with Crippen LogP contribution < -0.4 is 0 Å². The number of ether oxygens (including phenoxy) is 1. The Morgan fingerprint density at radius 1 is 1.30 bits per heavy atom. The Kier molecular flexibility index (Phi) is 5.27. The van der Waals surface area contributed by atoms with Crippen LogP contribution in [0.3, 0.4) is 0 Å². The summed E-state index contributed by atoms with van der Waals surface area (Å²) in [5, 5.41) is 17.9. The van der Waals surface area contributed by atoms with E-state index in [0.29, 0.717) is 24.3 Å². The molecule has 30 heavy (non-hydrogen) atoms. The molecule has 1 aliphatic rings. The van der Waals surface area contributed by atoms with Crippen LogP contribution in [0.2, 0.25) is 5.02 Å². The van der Waals surface area contributed by atoms with Crippen LogP contribution in [0.5, 0.6) is 5.75 Å². The van der Waals surface area contributed by atoms with Gasteiger partial charge in [0.25, 0.3) is 0 Å². The lowest BCUT2D eigenvalue weighted by molar-refractivity contribution is -0.145. The predicted molar refractivity (Wildman–Crippen MR) is 103 cm³/mol. The lowest BCUT2D eigenvalue weighted by atomic mass is 9.82. The Bertz CT molecular complexity index is 1070. The van der Waals surface area contributed by atoms with Gasteiger partial charge >= 0.3 is 6.18 Å². The first kappa shape index (κ1) is 20.7. The number of alkyl halides is 3. The summed E-state index contributed by atoms with van der Waals surface area (Å²) in [5.74, 6) is 0.0970. The molecule has 0 aliphatic heterocycles. The molecule has 2 heterocycles. The molecule has 1 saturated carbocycles. The summed E-state index contributed by atoms with van der Waals surface area (Å²) in [6.07, 6.45) is -2.21. The van der Waals surface area contributed by atoms with E-state index < -0.39 is 11.9 Å². The van der Waals surface area contributed by atoms with Crippen molar-refractivity contribution in [1.82, 2.24) is 14.9 Å². The number of benzene rings is 1. The van der Waals surface area contributed by atoms with Crippen molar-refractivity contribution in [2.24, 2.45) is 5.92 Å². The molecular weight excluding hydrogens is 423 g/mol. The first-order valence-corrected chi connectivity index (χ1v) is 9.70. The number of methoxy groups -OCH3 is 1. The van der Waals surface area contributed by atoms with E-state index in [4.69, 9.17) is 20.9 Å². The molecule has 0 atom stereocenters. The highest BCUT2D eigenvalue weighted by Crippen LogP contribution is 2.46. The van der Waals surface area contributed by atoms with E-state index in [1.807, 2.05) is 6.92 Å². The Hall–Kier alpha value is -2.52. The standard InChI is InChI=1S/C20H19ClF3N3O3/c1-10-6-11(7-10)27-19(20(22,23)24)13(8-25-27)18-14(9-29-2)17(26-30-18)12-4-3-5-15(28)16(12)21/h3-5,8,10-11,28H,6-7,9H2,1-2H3. The Morgan fingerprint density at radius 2 is 2.03 bits per heavy atom. The van der Waals surface area contributed by atoms with Crippen molar-refractivity contribution in [1.29, 1.82) is 0 Å². The number of hydrogen-bond donors (Lipinski definition) is 1. The van der Waals surface area contributed by atoms with E-state index in [-0.39, 0.29) is 46.0 Å². The minimum absolute atomic E-state index is 0.0184. The van der Waals surface area contributed by atoms with Crippen molar-refractivity contribution >= 4 is 11.6 Å². The van der Waals surface area contributed by atoms with Crippen LogP contribution in [-0.4, -0.2) is 27.2 Å². The maximum atomic E-state index is 14.0. The number of hydrogen-bond acceptors (Lipinski definition) is 5. The molecule has 1 fully saturated rings. The van der Waals surface area contributed by atoms with Gasteiger partial charge in [0.2, 0.25) is 0 Å². The number of phenolic OH excluding ortho intramolecular Hbond substituents is 1. The zero-order valence-electron chi connectivity index (χ0n) is 16.2. The summed E-state index contributed by atoms with van der Waals surface area (Å²) < 4.78 is 53.6. The molecule has 1 aromatic carbocycles. The lowest BCUT2D eigenvalue weighted by Crippen LogP contribution is -2.29. The van der Waals surface area contributed by atoms with Crippen LogP contribution in [0, 0.1) is 5.92 Å². The summed E-state index contributed by atoms with van der Waals surface area (Å²) in [7, 11) is 1.41. The molecule has 3 aromatic rings. The van der Waals surface area contributed by atoms with Gasteiger partial charge in [0.15, 0.2) is 11.5 Å². The topological polar surface area (TPSA) is 73.3 Å². The monoisotopic (exact) mass is 441 g/mol. The van der Waals surface area contributed by atoms with Crippen LogP contribution >= 0.6 is 11.6 Å². The number of nitrogens with zero attached hydrogens (tertiary/aromatic N) is 3. The third kappa shape index (κ3) is 3.45. The normalized spacial score (nSPS) is 19.1. The second kappa shape index (κ2) is 7.63. The van der Waals surface area contributed by atoms with E-state index in [2.05, 4.69) is 10.3 Å². The summed E-state index contributed by atoms with van der Waals surface area (Å²) >= 11 is 6.18. The highest BCUT2D eigenvalue weighted by molar-refractivity contribution is 6.34. The first-order chi connectivity index (χ1) is 14.2. The van der Waals surface area contributed by atoms with E-state index in [1.165, 1.54) is 13.2 Å². The van der Waals surface area contributed by atoms with Gasteiger partial charge in [-0.15, -0.1) is 0 Å². The van der Waals surface area contributed by atoms with Crippen LogP contribution in [0.1, 0.15) is 37.1 Å². The number of rotatable bonds is 5. The van der Waals surface area contributed by atoms with E-state index in [1.54, 1.807) is 12.1 Å². The van der Waals surface area contributed by atoms with Crippen molar-refractivity contribution in [3.05, 3.63) is 40.7 Å². The van der Waals surface area contributed by atoms with Crippen LogP contribution in [-0.2, 0) is 17.5 Å². The van der Waals surface area contributed by atoms with Gasteiger partial charge in [-0.2, -0.15) is 18.3 Å². The molecule has 160 valence electrons. The first-order valence-electron chi connectivity index (χ1n) is 9.32. The number of aromatic hydroxyl groups is 1. The lowest BCUT2D eigenvalue weighted by Gasteiger charge is -2.34. The van der Waals surface area contributed by atoms with Crippen molar-refractivity contribution < 1.29 is 27.5 Å². The molecule has 2 aromatic heterocycles. The van der Waals surface area contributed by atoms with Gasteiger partial charge < -0.3 is 14.4 Å². The fourth-order valence-corrected chi connectivity index (χ4v) is 4.08. The minimum Gasteiger partial charge on any atom is -0.506 e. The Labute approximate surface area is 175 Å². The van der Waals surface area contributed by atoms with Crippen molar-refractivity contribution in [3.63, 3.8) is 0 Å². The second-order valence-electron chi connectivity index (χ2n) is 7.49. The second-order valence-corrected chi connectivity index (χ2v) is 7.87. The van der Waals surface area contributed by atoms with Gasteiger partial charge in [0.05, 0.1) is 35.0 Å². The third-order valence-corrected chi connectivity index (χ3v) is 5.71. The summed E-state index contributed by atoms with van der Waals surface area (Å²) in [5.41, 5.74) is -0.263. The zero-order chi connectivity index (χ0) is 21.6. The molecule has 0 bridgehead atoms. The molecular formula is C20H19ClF3N3O3. The van der Waals surface area contributed by atoms with Crippen LogP contribution in [0.15, 0.2) is 28.9 Å². The summed E-state index contributed by atoms with van der Waals surface area (Å²) in [4.78, 5) is 0. The third-order valence-electron chi connectivity index (χ3n) is 5.31. The summed E-state index contributed by atoms with van der Waals surface area (Å²) in [6.45, 7) is 1.93. The fourth-order valence-electron chi connectivity index (χ4n) is 3.86. The predicted octanol–water partition coefficient (Wildman–Crippen LogP) is 5.70. The Balaban J connectivity index is 1.87. The van der Waals surface area contributed by atoms with E-state index in [9.17, 15) is 18.3 Å². The van der Waals surface area contributed by atoms with Crippen LogP contribution in [0.25, 0.3) is 22.6 Å². The highest BCUT2D eigenvalue weighted by Gasteiger charge is 2.43. The number of aromatic nitrogens is 3. The maximum Gasteiger partial charge on any atom is 0.433 e. The smallest absolute Gasteiger partial charge is 0.433 e. The molecule has 0 spiro atoms. The minimum atomic E-state index is -4.63. The quantitative estimate of drug-likeness (QED) is 0.549. The molecule has 0 saturated heterocycles. The molecule has 0 radical (unpaired) electrons. The van der Waals surface area contributed by atoms with Gasteiger partial charge in [0, 0.05) is 12.7 Å². The largest absolute Gasteiger partial charge is 0.506 e. The molecule has 6 nitrogen and oxygen atoms in total. The van der Waals surface area contributed by atoms with Crippen LogP contribution in [0.4, 0.5) is 13.2 Å². The van der Waals surface area contributed by atoms with E-state index >= 15 is 0 Å². The SMILES string of the molecule is COCc1c(-c2cccc(O)c2Cl)noc1-c1cnn(C2CC(C)C2)c1C(F)(F)F. The Morgan fingerprint density at radius 3 is 2.67 bits per heavy atom. The van der Waals surface area contributed by atoms with Gasteiger partial charge in [-0.3, -0.25) is 4.68 Å². The van der Waals surface area contributed by atoms with Gasteiger partial charge in [-0.25, -0.2) is 0 Å². The van der Waals surface area contributed by atoms with Crippen molar-refractivity contribution in [3.8, 4) is 28.3 Å². The molecule has 4 rings (SSSR count). The molecule has 0 amide bonds. The number of halogens is 4. The average molecular weight is 442 g/mol. The average Bonchev–Trinajstić information content (AvgIpc) is 3.25. The fraction of sp³-hybridized carbons (Fsp3) is 0.400. The molecule has 1 aliphatic carbocycles. The number of phenols is 1. The molecule has 1 N–H and O–H groups in total. The zero-order valence-corrected chi connectivity index (χ0v) is 17.0. The van der Waals surface area contributed by atoms with Crippen molar-refractivity contribution in [2.75, 3.05) is 7.11 Å². The molecule has 0 unspecified atom stereocenters.